The molecule has 4 nitrogen and oxygen atoms in total. The fraction of sp³-hybridized carbons (Fsp3) is 0.444. The van der Waals surface area contributed by atoms with Gasteiger partial charge in [-0.05, 0) is 6.72 Å². The van der Waals surface area contributed by atoms with Gasteiger partial charge in [-0.1, -0.05) is 0 Å². The molecule has 0 saturated carbocycles. The normalized spacial score (nSPS) is 9.93. The van der Waals surface area contributed by atoms with E-state index in [1.54, 1.807) is 11.8 Å². The Labute approximate surface area is 97.3 Å². The molecule has 82 valence electrons. The van der Waals surface area contributed by atoms with Crippen molar-refractivity contribution in [3.8, 4) is 0 Å². The number of hydrogen-bond donors (Lipinski definition) is 1. The van der Waals surface area contributed by atoms with Crippen LogP contribution in [0.4, 0.5) is 5.13 Å². The number of rotatable bonds is 6. The summed E-state index contributed by atoms with van der Waals surface area (Å²) in [5.41, 5.74) is 1.02. The van der Waals surface area contributed by atoms with Crippen LogP contribution in [0.25, 0.3) is 0 Å². The monoisotopic (exact) mass is 243 g/mol. The van der Waals surface area contributed by atoms with Gasteiger partial charge >= 0.3 is 0 Å². The molecule has 1 aromatic heterocycles. The molecule has 1 aromatic rings. The van der Waals surface area contributed by atoms with E-state index in [9.17, 15) is 0 Å². The summed E-state index contributed by atoms with van der Waals surface area (Å²) in [7, 11) is 1.52. The van der Waals surface area contributed by atoms with Crippen LogP contribution in [0, 0.1) is 5.41 Å². The lowest BCUT2D eigenvalue weighted by molar-refractivity contribution is 0.389. The van der Waals surface area contributed by atoms with Crippen LogP contribution in [0.2, 0.25) is 0 Å². The molecular formula is C9H13N3OS2. The molecule has 6 heteroatoms. The van der Waals surface area contributed by atoms with Crippen molar-refractivity contribution >= 4 is 40.8 Å². The maximum Gasteiger partial charge on any atom is 0.208 e. The zero-order valence-electron chi connectivity index (χ0n) is 8.52. The minimum Gasteiger partial charge on any atom is -0.484 e. The number of nitrogens with zero attached hydrogens (tertiary/aromatic N) is 2. The molecule has 0 saturated heterocycles. The average molecular weight is 243 g/mol. The number of hydrogen-bond acceptors (Lipinski definition) is 6. The minimum atomic E-state index is 0.328. The van der Waals surface area contributed by atoms with Gasteiger partial charge in [0.05, 0.1) is 12.8 Å². The van der Waals surface area contributed by atoms with Crippen molar-refractivity contribution in [2.24, 2.45) is 4.99 Å². The van der Waals surface area contributed by atoms with Gasteiger partial charge < -0.3 is 4.74 Å². The highest BCUT2D eigenvalue weighted by atomic mass is 32.2. The van der Waals surface area contributed by atoms with Gasteiger partial charge in [-0.15, -0.1) is 11.3 Å². The third-order valence-electron chi connectivity index (χ3n) is 1.64. The summed E-state index contributed by atoms with van der Waals surface area (Å²) in [6.45, 7) is 3.42. The average Bonchev–Trinajstić information content (AvgIpc) is 2.72. The van der Waals surface area contributed by atoms with Crippen molar-refractivity contribution < 1.29 is 4.74 Å². The third kappa shape index (κ3) is 4.44. The van der Waals surface area contributed by atoms with E-state index in [-0.39, 0.29) is 0 Å². The summed E-state index contributed by atoms with van der Waals surface area (Å²) in [5.74, 6) is 2.05. The van der Waals surface area contributed by atoms with Gasteiger partial charge in [-0.3, -0.25) is 5.41 Å². The molecule has 0 radical (unpaired) electrons. The second kappa shape index (κ2) is 6.58. The second-order valence-corrected chi connectivity index (χ2v) is 4.65. The Morgan fingerprint density at radius 3 is 3.20 bits per heavy atom. The van der Waals surface area contributed by atoms with E-state index in [1.807, 2.05) is 5.38 Å². The summed E-state index contributed by atoms with van der Waals surface area (Å²) in [6, 6.07) is 0. The van der Waals surface area contributed by atoms with E-state index >= 15 is 0 Å². The maximum absolute atomic E-state index is 7.28. The number of aliphatic imine (C=N–C) groups is 1. The predicted octanol–water partition coefficient (Wildman–Crippen LogP) is 2.72. The van der Waals surface area contributed by atoms with Gasteiger partial charge in [0.1, 0.15) is 0 Å². The van der Waals surface area contributed by atoms with Crippen LogP contribution in [-0.2, 0) is 10.5 Å². The van der Waals surface area contributed by atoms with Crippen LogP contribution >= 0.6 is 23.1 Å². The van der Waals surface area contributed by atoms with Gasteiger partial charge in [0.15, 0.2) is 5.90 Å². The summed E-state index contributed by atoms with van der Waals surface area (Å²) in [4.78, 5) is 8.00. The smallest absolute Gasteiger partial charge is 0.208 e. The number of methoxy groups -OCH3 is 1. The first-order valence-electron chi connectivity index (χ1n) is 4.36. The van der Waals surface area contributed by atoms with Crippen molar-refractivity contribution in [3.63, 3.8) is 0 Å². The molecule has 0 fully saturated rings. The molecule has 0 aliphatic carbocycles. The topological polar surface area (TPSA) is 58.3 Å². The van der Waals surface area contributed by atoms with Crippen LogP contribution < -0.4 is 0 Å². The molecule has 1 heterocycles. The molecule has 0 aromatic carbocycles. The fourth-order valence-corrected chi connectivity index (χ4v) is 2.44. The Morgan fingerprint density at radius 1 is 1.80 bits per heavy atom. The Bertz CT molecular complexity index is 338. The highest BCUT2D eigenvalue weighted by molar-refractivity contribution is 7.98. The van der Waals surface area contributed by atoms with Gasteiger partial charge in [0.25, 0.3) is 0 Å². The molecule has 0 aliphatic heterocycles. The third-order valence-corrected chi connectivity index (χ3v) is 3.46. The highest BCUT2D eigenvalue weighted by Crippen LogP contribution is 2.21. The van der Waals surface area contributed by atoms with Crippen molar-refractivity contribution in [3.05, 3.63) is 11.1 Å². The second-order valence-electron chi connectivity index (χ2n) is 2.71. The Hall–Kier alpha value is -0.880. The molecule has 0 amide bonds. The lowest BCUT2D eigenvalue weighted by Gasteiger charge is -2.00. The van der Waals surface area contributed by atoms with E-state index in [2.05, 4.69) is 16.7 Å². The summed E-state index contributed by atoms with van der Waals surface area (Å²) >= 11 is 3.23. The van der Waals surface area contributed by atoms with Crippen LogP contribution in [-0.4, -0.2) is 30.5 Å². The van der Waals surface area contributed by atoms with Gasteiger partial charge in [-0.2, -0.15) is 11.8 Å². The lowest BCUT2D eigenvalue weighted by atomic mass is 10.5. The molecule has 0 atom stereocenters. The van der Waals surface area contributed by atoms with E-state index in [0.29, 0.717) is 12.3 Å². The SMILES string of the molecule is C=Nc1nc(CSCCC(=N)OC)cs1. The number of nitrogens with one attached hydrogen (secondary N) is 1. The quantitative estimate of drug-likeness (QED) is 0.475. The van der Waals surface area contributed by atoms with Gasteiger partial charge in [0.2, 0.25) is 5.13 Å². The van der Waals surface area contributed by atoms with E-state index in [0.717, 1.165) is 22.3 Å². The number of thiazole rings is 1. The Balaban J connectivity index is 2.20. The van der Waals surface area contributed by atoms with E-state index in [1.165, 1.54) is 18.4 Å². The summed E-state index contributed by atoms with van der Waals surface area (Å²) in [6.07, 6.45) is 0.665. The van der Waals surface area contributed by atoms with Crippen molar-refractivity contribution in [2.45, 2.75) is 12.2 Å². The van der Waals surface area contributed by atoms with Crippen LogP contribution in [0.5, 0.6) is 0 Å². The van der Waals surface area contributed by atoms with Gasteiger partial charge in [-0.25, -0.2) is 9.98 Å². The molecule has 0 aliphatic rings. The van der Waals surface area contributed by atoms with Crippen LogP contribution in [0.15, 0.2) is 10.4 Å². The zero-order chi connectivity index (χ0) is 11.1. The van der Waals surface area contributed by atoms with E-state index in [4.69, 9.17) is 10.1 Å². The zero-order valence-corrected chi connectivity index (χ0v) is 10.2. The highest BCUT2D eigenvalue weighted by Gasteiger charge is 2.01. The first-order chi connectivity index (χ1) is 7.26. The number of ether oxygens (including phenoxy) is 1. The van der Waals surface area contributed by atoms with Crippen molar-refractivity contribution in [1.29, 1.82) is 5.41 Å². The first kappa shape index (κ1) is 12.2. The maximum atomic E-state index is 7.28. The molecule has 1 N–H and O–H groups in total. The van der Waals surface area contributed by atoms with Gasteiger partial charge in [0, 0.05) is 23.3 Å². The molecular weight excluding hydrogens is 230 g/mol. The van der Waals surface area contributed by atoms with Crippen molar-refractivity contribution in [2.75, 3.05) is 12.9 Å². The molecule has 0 bridgehead atoms. The lowest BCUT2D eigenvalue weighted by Crippen LogP contribution is -2.00. The summed E-state index contributed by atoms with van der Waals surface area (Å²) in [5, 5.41) is 9.98. The Kier molecular flexibility index (Phi) is 5.34. The first-order valence-corrected chi connectivity index (χ1v) is 6.40. The molecule has 0 unspecified atom stereocenters. The standard InChI is InChI=1S/C9H13N3OS2/c1-11-9-12-7(6-15-9)5-14-4-3-8(10)13-2/h6,10H,1,3-5H2,2H3. The Morgan fingerprint density at radius 2 is 2.60 bits per heavy atom. The van der Waals surface area contributed by atoms with Crippen LogP contribution in [0.3, 0.4) is 0 Å². The fourth-order valence-electron chi connectivity index (χ4n) is 0.879. The number of aromatic nitrogens is 1. The largest absolute Gasteiger partial charge is 0.484 e. The molecule has 1 rings (SSSR count). The minimum absolute atomic E-state index is 0.328. The molecule has 15 heavy (non-hydrogen) atoms. The summed E-state index contributed by atoms with van der Waals surface area (Å²) < 4.78 is 4.76. The van der Waals surface area contributed by atoms with E-state index < -0.39 is 0 Å². The van der Waals surface area contributed by atoms with Crippen molar-refractivity contribution in [1.82, 2.24) is 4.98 Å². The van der Waals surface area contributed by atoms with Crippen LogP contribution in [0.1, 0.15) is 12.1 Å². The predicted molar refractivity (Wildman–Crippen MR) is 66.8 cm³/mol. The number of thioether (sulfide) groups is 1. The molecule has 0 spiro atoms.